The van der Waals surface area contributed by atoms with Gasteiger partial charge < -0.3 is 10.5 Å². The Bertz CT molecular complexity index is 1010. The quantitative estimate of drug-likeness (QED) is 0.170. The van der Waals surface area contributed by atoms with Crippen LogP contribution < -0.4 is 11.2 Å². The van der Waals surface area contributed by atoms with Gasteiger partial charge in [-0.2, -0.15) is 36.5 Å². The van der Waals surface area contributed by atoms with Crippen LogP contribution in [0, 0.1) is 0 Å². The van der Waals surface area contributed by atoms with Crippen LogP contribution in [0.4, 0.5) is 26.3 Å². The number of alkyl halides is 6. The molecule has 13 heteroatoms. The average Bonchev–Trinajstić information content (AvgIpc) is 3.08. The van der Waals surface area contributed by atoms with E-state index in [9.17, 15) is 31.1 Å². The van der Waals surface area contributed by atoms with Crippen LogP contribution >= 0.6 is 0 Å². The first-order chi connectivity index (χ1) is 14.7. The number of amidine groups is 1. The van der Waals surface area contributed by atoms with Crippen molar-refractivity contribution in [3.8, 4) is 0 Å². The number of carbonyl (C=O) groups is 1. The Balaban J connectivity index is 2.40. The van der Waals surface area contributed by atoms with Crippen LogP contribution in [0.2, 0.25) is 0 Å². The summed E-state index contributed by atoms with van der Waals surface area (Å²) < 4.78 is 84.6. The summed E-state index contributed by atoms with van der Waals surface area (Å²) in [4.78, 5) is 12.3. The number of nitrogens with two attached hydrogens (primary N) is 1. The monoisotopic (exact) mass is 463 g/mol. The van der Waals surface area contributed by atoms with E-state index in [1.54, 1.807) is 20.9 Å². The molecule has 32 heavy (non-hydrogen) atoms. The molecule has 174 valence electrons. The zero-order chi connectivity index (χ0) is 24.3. The highest BCUT2D eigenvalue weighted by atomic mass is 19.4. The molecule has 0 amide bonds. The van der Waals surface area contributed by atoms with Crippen LogP contribution in [0.3, 0.4) is 0 Å². The maximum Gasteiger partial charge on any atom is 0.416 e. The molecule has 0 unspecified atom stereocenters. The van der Waals surface area contributed by atoms with Gasteiger partial charge in [-0.3, -0.25) is 10.1 Å². The molecule has 2 rings (SSSR count). The number of rotatable bonds is 6. The Labute approximate surface area is 178 Å². The van der Waals surface area contributed by atoms with Crippen LogP contribution in [0.25, 0.3) is 5.57 Å². The Morgan fingerprint density at radius 3 is 2.12 bits per heavy atom. The number of aromatic nitrogens is 2. The van der Waals surface area contributed by atoms with Crippen molar-refractivity contribution in [3.05, 3.63) is 59.0 Å². The maximum absolute atomic E-state index is 13.0. The van der Waals surface area contributed by atoms with E-state index in [-0.39, 0.29) is 11.6 Å². The zero-order valence-electron chi connectivity index (χ0n) is 17.0. The number of halogens is 6. The van der Waals surface area contributed by atoms with Gasteiger partial charge in [0.25, 0.3) is 0 Å². The van der Waals surface area contributed by atoms with Crippen LogP contribution in [0.15, 0.2) is 41.9 Å². The summed E-state index contributed by atoms with van der Waals surface area (Å²) in [7, 11) is 1.60. The van der Waals surface area contributed by atoms with E-state index in [2.05, 4.69) is 15.6 Å². The Morgan fingerprint density at radius 2 is 1.69 bits per heavy atom. The summed E-state index contributed by atoms with van der Waals surface area (Å²) in [6.45, 7) is 3.24. The van der Waals surface area contributed by atoms with Crippen LogP contribution in [-0.2, 0) is 28.9 Å². The first kappa shape index (κ1) is 24.8. The molecule has 0 fully saturated rings. The van der Waals surface area contributed by atoms with E-state index >= 15 is 0 Å². The minimum atomic E-state index is -5.03. The van der Waals surface area contributed by atoms with Gasteiger partial charge >= 0.3 is 18.3 Å². The highest BCUT2D eigenvalue weighted by Crippen LogP contribution is 2.36. The molecule has 1 aromatic carbocycles. The standard InChI is InChI=1S/C19H19F6N5O2/c1-10(2)32-17(31)15(12-7-28-30(3)9-12)8-27-29-16(26)11-4-13(18(20,21)22)6-14(5-11)19(23,24)25/h4-10,27H,1-3H3,(H2,26,29)/b15-8+. The smallest absolute Gasteiger partial charge is 0.416 e. The van der Waals surface area contributed by atoms with Gasteiger partial charge in [-0.25, -0.2) is 4.79 Å². The maximum atomic E-state index is 13.0. The molecule has 2 aromatic rings. The van der Waals surface area contributed by atoms with Crippen molar-refractivity contribution in [3.63, 3.8) is 0 Å². The predicted molar refractivity (Wildman–Crippen MR) is 103 cm³/mol. The van der Waals surface area contributed by atoms with E-state index in [0.717, 1.165) is 6.20 Å². The number of nitrogens with zero attached hydrogens (tertiary/aromatic N) is 3. The van der Waals surface area contributed by atoms with E-state index in [1.807, 2.05) is 0 Å². The highest BCUT2D eigenvalue weighted by molar-refractivity contribution is 6.16. The number of esters is 1. The zero-order valence-corrected chi connectivity index (χ0v) is 17.0. The lowest BCUT2D eigenvalue weighted by atomic mass is 10.0. The number of hydrogen-bond donors (Lipinski definition) is 2. The Morgan fingerprint density at radius 1 is 1.12 bits per heavy atom. The van der Waals surface area contributed by atoms with E-state index < -0.39 is 47.0 Å². The summed E-state index contributed by atoms with van der Waals surface area (Å²) in [5.41, 5.74) is 4.47. The van der Waals surface area contributed by atoms with Crippen molar-refractivity contribution in [2.75, 3.05) is 0 Å². The normalized spacial score (nSPS) is 13.4. The molecular weight excluding hydrogens is 444 g/mol. The van der Waals surface area contributed by atoms with E-state index in [0.29, 0.717) is 17.7 Å². The predicted octanol–water partition coefficient (Wildman–Crippen LogP) is 3.66. The third-order valence-electron chi connectivity index (χ3n) is 3.86. The molecule has 1 heterocycles. The van der Waals surface area contributed by atoms with Gasteiger partial charge in [0.15, 0.2) is 5.84 Å². The molecule has 0 aliphatic heterocycles. The number of aryl methyl sites for hydroxylation is 1. The van der Waals surface area contributed by atoms with Gasteiger partial charge in [-0.15, -0.1) is 0 Å². The van der Waals surface area contributed by atoms with Gasteiger partial charge in [0, 0.05) is 30.6 Å². The van der Waals surface area contributed by atoms with Crippen molar-refractivity contribution in [1.29, 1.82) is 0 Å². The fourth-order valence-electron chi connectivity index (χ4n) is 2.43. The number of benzene rings is 1. The van der Waals surface area contributed by atoms with Gasteiger partial charge in [0.2, 0.25) is 0 Å². The van der Waals surface area contributed by atoms with Gasteiger partial charge in [-0.05, 0) is 32.0 Å². The van der Waals surface area contributed by atoms with Crippen molar-refractivity contribution in [1.82, 2.24) is 15.2 Å². The minimum Gasteiger partial charge on any atom is -0.459 e. The summed E-state index contributed by atoms with van der Waals surface area (Å²) in [6.07, 6.45) is -6.63. The van der Waals surface area contributed by atoms with Crippen molar-refractivity contribution in [2.45, 2.75) is 32.3 Å². The molecule has 1 aromatic heterocycles. The number of hydrogen-bond acceptors (Lipinski definition) is 5. The fraction of sp³-hybridized carbons (Fsp3) is 0.316. The third-order valence-corrected chi connectivity index (χ3v) is 3.86. The number of ether oxygens (including phenoxy) is 1. The molecule has 0 aliphatic carbocycles. The lowest BCUT2D eigenvalue weighted by Crippen LogP contribution is -2.20. The second kappa shape index (κ2) is 9.32. The molecule has 0 saturated heterocycles. The number of nitrogens with one attached hydrogen (secondary N) is 1. The lowest BCUT2D eigenvalue weighted by Gasteiger charge is -2.14. The van der Waals surface area contributed by atoms with E-state index in [4.69, 9.17) is 10.5 Å². The molecular formula is C19H19F6N5O2. The summed E-state index contributed by atoms with van der Waals surface area (Å²) in [6, 6.07) is 0.857. The fourth-order valence-corrected chi connectivity index (χ4v) is 2.43. The third kappa shape index (κ3) is 6.49. The molecule has 7 nitrogen and oxygen atoms in total. The number of carbonyl (C=O) groups excluding carboxylic acids is 1. The van der Waals surface area contributed by atoms with Crippen LogP contribution in [-0.4, -0.2) is 27.7 Å². The molecule has 0 atom stereocenters. The lowest BCUT2D eigenvalue weighted by molar-refractivity contribution is -0.143. The van der Waals surface area contributed by atoms with Gasteiger partial charge in [-0.1, -0.05) is 0 Å². The molecule has 0 bridgehead atoms. The molecule has 0 radical (unpaired) electrons. The number of hydrazone groups is 1. The topological polar surface area (TPSA) is 94.5 Å². The van der Waals surface area contributed by atoms with Gasteiger partial charge in [0.1, 0.15) is 0 Å². The summed E-state index contributed by atoms with van der Waals surface area (Å²) in [5.74, 6) is -1.42. The van der Waals surface area contributed by atoms with Crippen LogP contribution in [0.1, 0.15) is 36.1 Å². The van der Waals surface area contributed by atoms with Crippen molar-refractivity contribution >= 4 is 17.4 Å². The van der Waals surface area contributed by atoms with E-state index in [1.165, 1.54) is 17.1 Å². The Hall–Kier alpha value is -3.51. The Kier molecular flexibility index (Phi) is 7.21. The molecule has 0 spiro atoms. The average molecular weight is 463 g/mol. The first-order valence-electron chi connectivity index (χ1n) is 8.97. The molecule has 0 aliphatic rings. The van der Waals surface area contributed by atoms with Crippen molar-refractivity contribution in [2.24, 2.45) is 17.9 Å². The highest BCUT2D eigenvalue weighted by Gasteiger charge is 2.37. The SMILES string of the molecule is CC(C)OC(=O)/C(=C/N/N=C(\N)c1cc(C(F)(F)F)cc(C(F)(F)F)c1)c1cnn(C)c1. The second-order valence-electron chi connectivity index (χ2n) is 6.84. The molecule has 0 saturated carbocycles. The summed E-state index contributed by atoms with van der Waals surface area (Å²) in [5, 5.41) is 7.49. The van der Waals surface area contributed by atoms with Crippen LogP contribution in [0.5, 0.6) is 0 Å². The largest absolute Gasteiger partial charge is 0.459 e. The summed E-state index contributed by atoms with van der Waals surface area (Å²) >= 11 is 0. The molecule has 3 N–H and O–H groups in total. The second-order valence-corrected chi connectivity index (χ2v) is 6.84. The van der Waals surface area contributed by atoms with Gasteiger partial charge in [0.05, 0.1) is 29.0 Å². The minimum absolute atomic E-state index is 0.0213. The van der Waals surface area contributed by atoms with Crippen molar-refractivity contribution < 1.29 is 35.9 Å². The first-order valence-corrected chi connectivity index (χ1v) is 8.97.